The number of hydrogen-bond donors (Lipinski definition) is 3. The van der Waals surface area contributed by atoms with Gasteiger partial charge in [0.25, 0.3) is 5.91 Å². The van der Waals surface area contributed by atoms with Gasteiger partial charge < -0.3 is 30.3 Å². The maximum atomic E-state index is 14.0. The summed E-state index contributed by atoms with van der Waals surface area (Å²) < 4.78 is 11.8. The van der Waals surface area contributed by atoms with E-state index < -0.39 is 23.9 Å². The van der Waals surface area contributed by atoms with Gasteiger partial charge >= 0.3 is 0 Å². The molecule has 3 N–H and O–H groups in total. The fourth-order valence-corrected chi connectivity index (χ4v) is 6.63. The minimum absolute atomic E-state index is 0.0359. The first-order chi connectivity index (χ1) is 25.3. The maximum Gasteiger partial charge on any atom is 0.255 e. The molecule has 278 valence electrons. The smallest absolute Gasteiger partial charge is 0.255 e. The zero-order valence-electron chi connectivity index (χ0n) is 30.5. The van der Waals surface area contributed by atoms with Crippen LogP contribution in [0.3, 0.4) is 0 Å². The van der Waals surface area contributed by atoms with E-state index in [0.717, 1.165) is 62.1 Å². The van der Waals surface area contributed by atoms with Crippen LogP contribution in [0.4, 0.5) is 0 Å². The highest BCUT2D eigenvalue weighted by Gasteiger charge is 2.29. The van der Waals surface area contributed by atoms with Crippen molar-refractivity contribution in [2.45, 2.75) is 83.1 Å². The quantitative estimate of drug-likeness (QED) is 0.257. The van der Waals surface area contributed by atoms with Crippen LogP contribution < -0.4 is 20.7 Å². The summed E-state index contributed by atoms with van der Waals surface area (Å²) in [5.74, 6) is -1.10. The van der Waals surface area contributed by atoms with Gasteiger partial charge in [0.05, 0.1) is 18.2 Å². The third-order valence-corrected chi connectivity index (χ3v) is 9.52. The largest absolute Gasteiger partial charge is 0.491 e. The monoisotopic (exact) mass is 711 g/mol. The topological polar surface area (TPSA) is 129 Å². The summed E-state index contributed by atoms with van der Waals surface area (Å²) >= 11 is 0. The van der Waals surface area contributed by atoms with Crippen molar-refractivity contribution in [3.05, 3.63) is 101 Å². The first-order valence-corrected chi connectivity index (χ1v) is 18.6. The molecule has 1 saturated heterocycles. The lowest BCUT2D eigenvalue weighted by molar-refractivity contribution is -0.137. The Morgan fingerprint density at radius 2 is 1.65 bits per heavy atom. The van der Waals surface area contributed by atoms with E-state index in [0.29, 0.717) is 24.8 Å². The van der Waals surface area contributed by atoms with E-state index >= 15 is 0 Å². The van der Waals surface area contributed by atoms with Gasteiger partial charge in [-0.05, 0) is 61.6 Å². The average Bonchev–Trinajstić information content (AvgIpc) is 3.66. The summed E-state index contributed by atoms with van der Waals surface area (Å²) in [6.45, 7) is 5.79. The molecule has 0 radical (unpaired) electrons. The van der Waals surface area contributed by atoms with Gasteiger partial charge in [0.1, 0.15) is 24.4 Å². The van der Waals surface area contributed by atoms with E-state index in [4.69, 9.17) is 9.47 Å². The van der Waals surface area contributed by atoms with Gasteiger partial charge in [0, 0.05) is 45.6 Å². The number of unbranched alkanes of at least 4 members (excludes halogenated alkanes) is 1. The number of ether oxygens (including phenoxy) is 2. The summed E-state index contributed by atoms with van der Waals surface area (Å²) in [4.78, 5) is 58.7. The van der Waals surface area contributed by atoms with Crippen molar-refractivity contribution in [1.82, 2.24) is 25.8 Å². The third-order valence-electron chi connectivity index (χ3n) is 9.52. The van der Waals surface area contributed by atoms with E-state index in [1.165, 1.54) is 0 Å². The number of likely N-dealkylation sites (N-methyl/N-ethyl adjacent to an activating group) is 1. The average molecular weight is 712 g/mol. The van der Waals surface area contributed by atoms with Gasteiger partial charge in [-0.25, -0.2) is 0 Å². The van der Waals surface area contributed by atoms with Crippen LogP contribution in [0.15, 0.2) is 78.9 Å². The van der Waals surface area contributed by atoms with Crippen LogP contribution in [0.5, 0.6) is 5.75 Å². The lowest BCUT2D eigenvalue weighted by Gasteiger charge is -2.28. The van der Waals surface area contributed by atoms with Gasteiger partial charge in [0.2, 0.25) is 17.7 Å². The van der Waals surface area contributed by atoms with Crippen molar-refractivity contribution in [3.63, 3.8) is 0 Å². The van der Waals surface area contributed by atoms with Crippen LogP contribution in [0.2, 0.25) is 0 Å². The number of nitrogens with zero attached hydrogens (tertiary/aromatic N) is 2. The van der Waals surface area contributed by atoms with E-state index in [2.05, 4.69) is 47.0 Å². The molecule has 3 aromatic carbocycles. The van der Waals surface area contributed by atoms with E-state index in [1.807, 2.05) is 42.5 Å². The highest BCUT2D eigenvalue weighted by Crippen LogP contribution is 2.20. The lowest BCUT2D eigenvalue weighted by Crippen LogP contribution is -2.51. The predicted molar refractivity (Wildman–Crippen MR) is 200 cm³/mol. The Labute approximate surface area is 307 Å². The Bertz CT molecular complexity index is 1610. The van der Waals surface area contributed by atoms with Gasteiger partial charge in [-0.3, -0.25) is 24.1 Å². The predicted octanol–water partition coefficient (Wildman–Crippen LogP) is 4.24. The van der Waals surface area contributed by atoms with Crippen LogP contribution in [0.1, 0.15) is 72.5 Å². The molecule has 4 amide bonds. The molecule has 0 spiro atoms. The molecule has 2 aliphatic heterocycles. The third kappa shape index (κ3) is 11.6. The summed E-state index contributed by atoms with van der Waals surface area (Å²) in [6, 6.07) is 22.7. The first-order valence-electron chi connectivity index (χ1n) is 18.6. The van der Waals surface area contributed by atoms with Crippen LogP contribution in [0, 0.1) is 0 Å². The Morgan fingerprint density at radius 3 is 2.40 bits per heavy atom. The number of hydrogen-bond acceptors (Lipinski definition) is 7. The number of rotatable bonds is 12. The molecule has 1 unspecified atom stereocenters. The van der Waals surface area contributed by atoms with Crippen molar-refractivity contribution < 1.29 is 28.7 Å². The lowest BCUT2D eigenvalue weighted by atomic mass is 10.0. The van der Waals surface area contributed by atoms with Crippen molar-refractivity contribution in [2.75, 3.05) is 39.9 Å². The zero-order valence-corrected chi connectivity index (χ0v) is 30.5. The number of fused-ring (bicyclic) bond motifs is 1. The number of amides is 4. The molecule has 11 heteroatoms. The van der Waals surface area contributed by atoms with Crippen molar-refractivity contribution in [1.29, 1.82) is 0 Å². The van der Waals surface area contributed by atoms with Crippen molar-refractivity contribution >= 4 is 23.6 Å². The highest BCUT2D eigenvalue weighted by molar-refractivity contribution is 5.99. The normalized spacial score (nSPS) is 20.2. The van der Waals surface area contributed by atoms with Crippen molar-refractivity contribution in [3.8, 4) is 5.75 Å². The van der Waals surface area contributed by atoms with Gasteiger partial charge in [-0.1, -0.05) is 80.1 Å². The Kier molecular flexibility index (Phi) is 14.6. The molecule has 2 aliphatic rings. The maximum absolute atomic E-state index is 14.0. The standard InChI is InChI=1S/C41H53N5O6/c1-3-4-22-46-23-25-52-37-15-9-8-14-34(37)39(48)44-35(20-21-38(47)43-36(41(46)50)26-30-11-6-5-7-12-30)40(49)42-27-31-16-18-32(19-17-31)28-45(2)29-33-13-10-24-51-33/h5-9,11-12,14-19,33,35-36H,3-4,10,13,20-29H2,1-2H3,(H,42,49)(H,43,47)(H,44,48)/t33?,35-,36-/m0/s1. The summed E-state index contributed by atoms with van der Waals surface area (Å²) in [7, 11) is 2.09. The Balaban J connectivity index is 1.28. The number of benzene rings is 3. The SMILES string of the molecule is CCCCN1CCOc2ccccc2C(=O)N[C@H](C(=O)NCc2ccc(CN(C)CC3CCCO3)cc2)CCC(=O)N[C@@H](Cc2ccccc2)C1=O. The fourth-order valence-electron chi connectivity index (χ4n) is 6.63. The van der Waals surface area contributed by atoms with Crippen LogP contribution >= 0.6 is 0 Å². The first kappa shape index (κ1) is 38.5. The molecular formula is C41H53N5O6. The van der Waals surface area contributed by atoms with Crippen LogP contribution in [-0.4, -0.2) is 91.5 Å². The van der Waals surface area contributed by atoms with Gasteiger partial charge in [0.15, 0.2) is 0 Å². The van der Waals surface area contributed by atoms with Crippen LogP contribution in [-0.2, 0) is 38.6 Å². The Hall–Kier alpha value is -4.74. The number of carbonyl (C=O) groups is 4. The molecule has 0 bridgehead atoms. The fraction of sp³-hybridized carbons (Fsp3) is 0.463. The molecule has 0 saturated carbocycles. The second-order valence-electron chi connectivity index (χ2n) is 13.8. The molecule has 0 aliphatic carbocycles. The Morgan fingerprint density at radius 1 is 0.904 bits per heavy atom. The molecule has 52 heavy (non-hydrogen) atoms. The number of para-hydroxylation sites is 1. The summed E-state index contributed by atoms with van der Waals surface area (Å²) in [5, 5.41) is 8.75. The number of nitrogens with one attached hydrogen (secondary N) is 3. The van der Waals surface area contributed by atoms with Crippen LogP contribution in [0.25, 0.3) is 0 Å². The molecule has 1 fully saturated rings. The minimum atomic E-state index is -1.01. The van der Waals surface area contributed by atoms with Crippen molar-refractivity contribution in [2.24, 2.45) is 0 Å². The molecular weight excluding hydrogens is 658 g/mol. The van der Waals surface area contributed by atoms with E-state index in [9.17, 15) is 19.2 Å². The molecule has 11 nitrogen and oxygen atoms in total. The summed E-state index contributed by atoms with van der Waals surface area (Å²) in [6.07, 6.45) is 4.49. The van der Waals surface area contributed by atoms with E-state index in [1.54, 1.807) is 29.2 Å². The molecule has 3 atom stereocenters. The highest BCUT2D eigenvalue weighted by atomic mass is 16.5. The molecule has 0 aromatic heterocycles. The zero-order chi connectivity index (χ0) is 36.7. The van der Waals surface area contributed by atoms with Gasteiger partial charge in [-0.15, -0.1) is 0 Å². The minimum Gasteiger partial charge on any atom is -0.491 e. The number of carbonyl (C=O) groups excluding carboxylic acids is 4. The van der Waals surface area contributed by atoms with Gasteiger partial charge in [-0.2, -0.15) is 0 Å². The molecule has 2 heterocycles. The van der Waals surface area contributed by atoms with E-state index in [-0.39, 0.29) is 49.9 Å². The second kappa shape index (κ2) is 19.8. The summed E-state index contributed by atoms with van der Waals surface area (Å²) in [5.41, 5.74) is 3.26. The molecule has 3 aromatic rings. The second-order valence-corrected chi connectivity index (χ2v) is 13.8. The molecule has 5 rings (SSSR count).